The van der Waals surface area contributed by atoms with Gasteiger partial charge in [0.05, 0.1) is 11.3 Å². The van der Waals surface area contributed by atoms with Crippen LogP contribution in [0.5, 0.6) is 0 Å². The van der Waals surface area contributed by atoms with Crippen LogP contribution in [-0.4, -0.2) is 23.2 Å². The van der Waals surface area contributed by atoms with Gasteiger partial charge in [0.1, 0.15) is 11.9 Å². The van der Waals surface area contributed by atoms with Crippen molar-refractivity contribution in [2.75, 3.05) is 18.0 Å². The molecule has 2 heterocycles. The third kappa shape index (κ3) is 2.79. The summed E-state index contributed by atoms with van der Waals surface area (Å²) in [6.07, 6.45) is 4.13. The molecule has 2 aromatic rings. The normalized spacial score (nSPS) is 18.9. The summed E-state index contributed by atoms with van der Waals surface area (Å²) in [5.41, 5.74) is 1.19. The summed E-state index contributed by atoms with van der Waals surface area (Å²) < 4.78 is 18.6. The lowest BCUT2D eigenvalue weighted by Crippen LogP contribution is -2.33. The molecule has 0 bridgehead atoms. The van der Waals surface area contributed by atoms with Gasteiger partial charge in [-0.3, -0.25) is 0 Å². The van der Waals surface area contributed by atoms with Crippen molar-refractivity contribution >= 4 is 5.69 Å². The van der Waals surface area contributed by atoms with Gasteiger partial charge < -0.3 is 9.42 Å². The van der Waals surface area contributed by atoms with Gasteiger partial charge in [-0.1, -0.05) is 5.16 Å². The second-order valence-electron chi connectivity index (χ2n) is 6.30. The van der Waals surface area contributed by atoms with Gasteiger partial charge in [0, 0.05) is 24.9 Å². The largest absolute Gasteiger partial charge is 0.370 e. The maximum absolute atomic E-state index is 13.3. The molecule has 2 fully saturated rings. The Bertz CT molecular complexity index is 754. The average molecular weight is 312 g/mol. The van der Waals surface area contributed by atoms with E-state index >= 15 is 0 Å². The van der Waals surface area contributed by atoms with Gasteiger partial charge in [0.25, 0.3) is 0 Å². The number of piperidine rings is 1. The highest BCUT2D eigenvalue weighted by Crippen LogP contribution is 2.40. The lowest BCUT2D eigenvalue weighted by Gasteiger charge is -2.32. The van der Waals surface area contributed by atoms with E-state index in [1.165, 1.54) is 12.1 Å². The first-order valence-electron chi connectivity index (χ1n) is 8.02. The first-order chi connectivity index (χ1) is 11.2. The monoisotopic (exact) mass is 312 g/mol. The number of hydrogen-bond acceptors (Lipinski definition) is 5. The molecule has 5 nitrogen and oxygen atoms in total. The second-order valence-corrected chi connectivity index (χ2v) is 6.30. The summed E-state index contributed by atoms with van der Waals surface area (Å²) in [5.74, 6) is 2.00. The van der Waals surface area contributed by atoms with Crippen LogP contribution in [0.2, 0.25) is 0 Å². The molecule has 0 spiro atoms. The van der Waals surface area contributed by atoms with Crippen LogP contribution in [-0.2, 0) is 0 Å². The first kappa shape index (κ1) is 14.2. The Morgan fingerprint density at radius 2 is 1.96 bits per heavy atom. The van der Waals surface area contributed by atoms with E-state index in [1.807, 2.05) is 0 Å². The third-order valence-corrected chi connectivity index (χ3v) is 4.66. The van der Waals surface area contributed by atoms with Crippen LogP contribution in [0.25, 0.3) is 0 Å². The fourth-order valence-electron chi connectivity index (χ4n) is 3.16. The van der Waals surface area contributed by atoms with Crippen molar-refractivity contribution in [3.05, 3.63) is 41.3 Å². The van der Waals surface area contributed by atoms with E-state index in [9.17, 15) is 9.65 Å². The first-order valence-corrected chi connectivity index (χ1v) is 8.02. The van der Waals surface area contributed by atoms with E-state index in [4.69, 9.17) is 4.52 Å². The molecule has 1 aliphatic carbocycles. The van der Waals surface area contributed by atoms with E-state index in [0.717, 1.165) is 56.2 Å². The molecule has 1 aliphatic heterocycles. The molecule has 1 aromatic heterocycles. The summed E-state index contributed by atoms with van der Waals surface area (Å²) in [6.45, 7) is 1.61. The highest BCUT2D eigenvalue weighted by atomic mass is 19.1. The van der Waals surface area contributed by atoms with Crippen molar-refractivity contribution in [2.45, 2.75) is 37.5 Å². The number of halogens is 1. The van der Waals surface area contributed by atoms with Crippen LogP contribution in [0, 0.1) is 17.1 Å². The molecule has 4 rings (SSSR count). The summed E-state index contributed by atoms with van der Waals surface area (Å²) >= 11 is 0. The van der Waals surface area contributed by atoms with Crippen LogP contribution < -0.4 is 4.90 Å². The predicted molar refractivity (Wildman–Crippen MR) is 81.6 cm³/mol. The standard InChI is InChI=1S/C17H17FN4O/c18-14-3-4-15(13(9-14)10-19)22-7-5-11(6-8-22)16-20-17(23-21-16)12-1-2-12/h3-4,9,11-12H,1-2,5-8H2. The zero-order chi connectivity index (χ0) is 15.8. The number of nitrogens with zero attached hydrogens (tertiary/aromatic N) is 4. The minimum Gasteiger partial charge on any atom is -0.370 e. The van der Waals surface area contributed by atoms with Crippen molar-refractivity contribution in [1.82, 2.24) is 10.1 Å². The predicted octanol–water partition coefficient (Wildman–Crippen LogP) is 3.34. The highest BCUT2D eigenvalue weighted by Gasteiger charge is 2.32. The quantitative estimate of drug-likeness (QED) is 0.869. The molecular formula is C17H17FN4O. The number of aromatic nitrogens is 2. The molecule has 1 saturated heterocycles. The van der Waals surface area contributed by atoms with Crippen LogP contribution in [0.4, 0.5) is 10.1 Å². The second kappa shape index (κ2) is 5.65. The Labute approximate surface area is 133 Å². The minimum atomic E-state index is -0.375. The van der Waals surface area contributed by atoms with Gasteiger partial charge in [0.2, 0.25) is 5.89 Å². The number of anilines is 1. The van der Waals surface area contributed by atoms with Crippen molar-refractivity contribution < 1.29 is 8.91 Å². The number of rotatable bonds is 3. The summed E-state index contributed by atoms with van der Waals surface area (Å²) in [7, 11) is 0. The molecule has 0 unspecified atom stereocenters. The highest BCUT2D eigenvalue weighted by molar-refractivity contribution is 5.59. The lowest BCUT2D eigenvalue weighted by molar-refractivity contribution is 0.365. The van der Waals surface area contributed by atoms with Gasteiger partial charge >= 0.3 is 0 Å². The zero-order valence-corrected chi connectivity index (χ0v) is 12.7. The maximum Gasteiger partial charge on any atom is 0.229 e. The zero-order valence-electron chi connectivity index (χ0n) is 12.7. The summed E-state index contributed by atoms with van der Waals surface area (Å²) in [6, 6.07) is 6.47. The molecule has 6 heteroatoms. The Morgan fingerprint density at radius 1 is 1.17 bits per heavy atom. The summed E-state index contributed by atoms with van der Waals surface area (Å²) in [5, 5.41) is 13.3. The van der Waals surface area contributed by atoms with Crippen LogP contribution in [0.15, 0.2) is 22.7 Å². The van der Waals surface area contributed by atoms with Gasteiger partial charge in [-0.05, 0) is 43.9 Å². The molecule has 118 valence electrons. The summed E-state index contributed by atoms with van der Waals surface area (Å²) in [4.78, 5) is 6.68. The SMILES string of the molecule is N#Cc1cc(F)ccc1N1CCC(c2noc(C3CC3)n2)CC1. The average Bonchev–Trinajstić information content (AvgIpc) is 3.32. The van der Waals surface area contributed by atoms with Crippen molar-refractivity contribution in [2.24, 2.45) is 0 Å². The number of nitriles is 1. The fourth-order valence-corrected chi connectivity index (χ4v) is 3.16. The Kier molecular flexibility index (Phi) is 3.49. The maximum atomic E-state index is 13.3. The Morgan fingerprint density at radius 3 is 2.65 bits per heavy atom. The van der Waals surface area contributed by atoms with E-state index in [0.29, 0.717) is 17.4 Å². The van der Waals surface area contributed by atoms with Crippen molar-refractivity contribution in [3.8, 4) is 6.07 Å². The molecular weight excluding hydrogens is 295 g/mol. The van der Waals surface area contributed by atoms with Gasteiger partial charge in [-0.2, -0.15) is 10.2 Å². The van der Waals surface area contributed by atoms with Crippen molar-refractivity contribution in [3.63, 3.8) is 0 Å². The number of hydrogen-bond donors (Lipinski definition) is 0. The van der Waals surface area contributed by atoms with Gasteiger partial charge in [-0.15, -0.1) is 0 Å². The van der Waals surface area contributed by atoms with Crippen LogP contribution in [0.3, 0.4) is 0 Å². The fraction of sp³-hybridized carbons (Fsp3) is 0.471. The molecule has 23 heavy (non-hydrogen) atoms. The molecule has 1 aromatic carbocycles. The minimum absolute atomic E-state index is 0.300. The van der Waals surface area contributed by atoms with Crippen molar-refractivity contribution in [1.29, 1.82) is 5.26 Å². The van der Waals surface area contributed by atoms with E-state index in [2.05, 4.69) is 21.1 Å². The smallest absolute Gasteiger partial charge is 0.229 e. The van der Waals surface area contributed by atoms with Crippen LogP contribution >= 0.6 is 0 Å². The van der Waals surface area contributed by atoms with Gasteiger partial charge in [0.15, 0.2) is 5.82 Å². The van der Waals surface area contributed by atoms with E-state index in [-0.39, 0.29) is 5.82 Å². The lowest BCUT2D eigenvalue weighted by atomic mass is 9.95. The molecule has 0 atom stereocenters. The third-order valence-electron chi connectivity index (χ3n) is 4.66. The van der Waals surface area contributed by atoms with Crippen LogP contribution in [0.1, 0.15) is 54.8 Å². The topological polar surface area (TPSA) is 66.0 Å². The Hall–Kier alpha value is -2.42. The molecule has 0 N–H and O–H groups in total. The van der Waals surface area contributed by atoms with E-state index in [1.54, 1.807) is 6.07 Å². The van der Waals surface area contributed by atoms with Gasteiger partial charge in [-0.25, -0.2) is 4.39 Å². The molecule has 0 radical (unpaired) electrons. The molecule has 2 aliphatic rings. The molecule has 1 saturated carbocycles. The van der Waals surface area contributed by atoms with E-state index < -0.39 is 0 Å². The number of benzene rings is 1. The Balaban J connectivity index is 1.45. The molecule has 0 amide bonds.